The van der Waals surface area contributed by atoms with Crippen molar-refractivity contribution < 1.29 is 9.21 Å². The zero-order valence-corrected chi connectivity index (χ0v) is 10.7. The molecule has 6 nitrogen and oxygen atoms in total. The maximum Gasteiger partial charge on any atom is 0.301 e. The Kier molecular flexibility index (Phi) is 4.35. The van der Waals surface area contributed by atoms with E-state index in [2.05, 4.69) is 15.6 Å². The fourth-order valence-electron chi connectivity index (χ4n) is 2.20. The van der Waals surface area contributed by atoms with Crippen molar-refractivity contribution in [3.8, 4) is 0 Å². The summed E-state index contributed by atoms with van der Waals surface area (Å²) in [7, 11) is 0. The van der Waals surface area contributed by atoms with Crippen LogP contribution in [0.3, 0.4) is 0 Å². The predicted octanol–water partition coefficient (Wildman–Crippen LogP) is -0.0132. The van der Waals surface area contributed by atoms with Gasteiger partial charge in [0.2, 0.25) is 0 Å². The smallest absolute Gasteiger partial charge is 0.301 e. The first-order chi connectivity index (χ1) is 8.70. The molecule has 0 atom stereocenters. The molecule has 1 aromatic rings. The number of nitrogens with one attached hydrogen (secondary N) is 2. The Morgan fingerprint density at radius 1 is 1.56 bits per heavy atom. The SMILES string of the molecule is Cc1cc(CN2CCCNCC2)oc1C(=O)NN. The molecule has 0 aromatic carbocycles. The molecule has 2 heterocycles. The fraction of sp³-hybridized carbons (Fsp3) is 0.583. The van der Waals surface area contributed by atoms with Gasteiger partial charge in [0.15, 0.2) is 5.76 Å². The van der Waals surface area contributed by atoms with Crippen molar-refractivity contribution in [3.63, 3.8) is 0 Å². The second kappa shape index (κ2) is 5.99. The zero-order valence-electron chi connectivity index (χ0n) is 10.7. The van der Waals surface area contributed by atoms with Crippen molar-refractivity contribution in [2.75, 3.05) is 26.2 Å². The van der Waals surface area contributed by atoms with Crippen LogP contribution in [0.2, 0.25) is 0 Å². The van der Waals surface area contributed by atoms with Gasteiger partial charge in [-0.1, -0.05) is 0 Å². The van der Waals surface area contributed by atoms with Gasteiger partial charge in [0, 0.05) is 18.7 Å². The van der Waals surface area contributed by atoms with Gasteiger partial charge in [-0.25, -0.2) is 5.84 Å². The van der Waals surface area contributed by atoms with E-state index in [0.717, 1.165) is 50.5 Å². The van der Waals surface area contributed by atoms with E-state index < -0.39 is 0 Å². The van der Waals surface area contributed by atoms with Crippen LogP contribution < -0.4 is 16.6 Å². The predicted molar refractivity (Wildman–Crippen MR) is 67.9 cm³/mol. The summed E-state index contributed by atoms with van der Waals surface area (Å²) < 4.78 is 5.56. The quantitative estimate of drug-likeness (QED) is 0.400. The Morgan fingerprint density at radius 3 is 3.17 bits per heavy atom. The van der Waals surface area contributed by atoms with Gasteiger partial charge in [-0.15, -0.1) is 0 Å². The third-order valence-electron chi connectivity index (χ3n) is 3.12. The largest absolute Gasteiger partial charge is 0.454 e. The molecular weight excluding hydrogens is 232 g/mol. The Labute approximate surface area is 106 Å². The van der Waals surface area contributed by atoms with Crippen LogP contribution in [0.5, 0.6) is 0 Å². The molecule has 0 bridgehead atoms. The Hall–Kier alpha value is -1.37. The van der Waals surface area contributed by atoms with Gasteiger partial charge >= 0.3 is 5.91 Å². The highest BCUT2D eigenvalue weighted by Gasteiger charge is 2.17. The summed E-state index contributed by atoms with van der Waals surface area (Å²) in [4.78, 5) is 13.8. The van der Waals surface area contributed by atoms with Crippen LogP contribution in [0.25, 0.3) is 0 Å². The van der Waals surface area contributed by atoms with Crippen LogP contribution in [-0.2, 0) is 6.54 Å². The van der Waals surface area contributed by atoms with Gasteiger partial charge in [0.05, 0.1) is 6.54 Å². The molecule has 4 N–H and O–H groups in total. The van der Waals surface area contributed by atoms with Crippen LogP contribution >= 0.6 is 0 Å². The van der Waals surface area contributed by atoms with E-state index in [-0.39, 0.29) is 5.91 Å². The molecule has 6 heteroatoms. The van der Waals surface area contributed by atoms with Gasteiger partial charge in [-0.05, 0) is 32.5 Å². The zero-order chi connectivity index (χ0) is 13.0. The number of carbonyl (C=O) groups excluding carboxylic acids is 1. The third kappa shape index (κ3) is 3.10. The molecule has 18 heavy (non-hydrogen) atoms. The number of hydrogen-bond donors (Lipinski definition) is 3. The number of nitrogen functional groups attached to an aromatic ring is 1. The molecule has 1 amide bonds. The van der Waals surface area contributed by atoms with Crippen molar-refractivity contribution >= 4 is 5.91 Å². The number of hydrazine groups is 1. The van der Waals surface area contributed by atoms with Gasteiger partial charge in [0.25, 0.3) is 0 Å². The maximum absolute atomic E-state index is 11.4. The summed E-state index contributed by atoms with van der Waals surface area (Å²) in [6.07, 6.45) is 1.13. The lowest BCUT2D eigenvalue weighted by atomic mass is 10.2. The van der Waals surface area contributed by atoms with Crippen LogP contribution in [0.15, 0.2) is 10.5 Å². The number of aryl methyl sites for hydroxylation is 1. The molecule has 1 aromatic heterocycles. The molecule has 0 aliphatic carbocycles. The second-order valence-electron chi connectivity index (χ2n) is 4.58. The first-order valence-corrected chi connectivity index (χ1v) is 6.24. The summed E-state index contributed by atoms with van der Waals surface area (Å²) in [5, 5.41) is 3.35. The molecule has 0 radical (unpaired) electrons. The lowest BCUT2D eigenvalue weighted by Crippen LogP contribution is -2.30. The van der Waals surface area contributed by atoms with Gasteiger partial charge in [-0.3, -0.25) is 15.1 Å². The first-order valence-electron chi connectivity index (χ1n) is 6.24. The Balaban J connectivity index is 2.02. The number of nitrogens with two attached hydrogens (primary N) is 1. The first kappa shape index (κ1) is 13.1. The van der Waals surface area contributed by atoms with Crippen LogP contribution in [0.4, 0.5) is 0 Å². The average Bonchev–Trinajstić information content (AvgIpc) is 2.57. The summed E-state index contributed by atoms with van der Waals surface area (Å²) in [6.45, 7) is 6.69. The van der Waals surface area contributed by atoms with E-state index in [1.54, 1.807) is 0 Å². The Bertz CT molecular complexity index is 408. The fourth-order valence-corrected chi connectivity index (χ4v) is 2.20. The number of rotatable bonds is 3. The van der Waals surface area contributed by atoms with E-state index in [9.17, 15) is 4.79 Å². The molecule has 1 aliphatic heterocycles. The monoisotopic (exact) mass is 252 g/mol. The second-order valence-corrected chi connectivity index (χ2v) is 4.58. The molecule has 100 valence electrons. The van der Waals surface area contributed by atoms with E-state index >= 15 is 0 Å². The van der Waals surface area contributed by atoms with Gasteiger partial charge in [-0.2, -0.15) is 0 Å². The molecule has 0 spiro atoms. The van der Waals surface area contributed by atoms with Gasteiger partial charge < -0.3 is 9.73 Å². The highest BCUT2D eigenvalue weighted by Crippen LogP contribution is 2.16. The van der Waals surface area contributed by atoms with E-state index in [4.69, 9.17) is 10.3 Å². The minimum atomic E-state index is -0.378. The molecule has 0 unspecified atom stereocenters. The summed E-state index contributed by atoms with van der Waals surface area (Å²) >= 11 is 0. The third-order valence-corrected chi connectivity index (χ3v) is 3.12. The van der Waals surface area contributed by atoms with Gasteiger partial charge in [0.1, 0.15) is 5.76 Å². The molecule has 1 fully saturated rings. The molecule has 1 aliphatic rings. The van der Waals surface area contributed by atoms with E-state index in [1.807, 2.05) is 13.0 Å². The van der Waals surface area contributed by atoms with Crippen molar-refractivity contribution in [1.29, 1.82) is 0 Å². The number of hydrogen-bond acceptors (Lipinski definition) is 5. The lowest BCUT2D eigenvalue weighted by Gasteiger charge is -2.17. The molecule has 2 rings (SSSR count). The molecule has 0 saturated carbocycles. The van der Waals surface area contributed by atoms with Crippen molar-refractivity contribution in [2.24, 2.45) is 5.84 Å². The van der Waals surface area contributed by atoms with Crippen LogP contribution in [0.1, 0.15) is 28.3 Å². The number of nitrogens with zero attached hydrogens (tertiary/aromatic N) is 1. The number of carbonyl (C=O) groups is 1. The van der Waals surface area contributed by atoms with Crippen molar-refractivity contribution in [3.05, 3.63) is 23.2 Å². The average molecular weight is 252 g/mol. The van der Waals surface area contributed by atoms with E-state index in [1.165, 1.54) is 0 Å². The summed E-state index contributed by atoms with van der Waals surface area (Å²) in [6, 6.07) is 1.91. The molecular formula is C12H20N4O2. The standard InChI is InChI=1S/C12H20N4O2/c1-9-7-10(18-11(9)12(17)15-13)8-16-5-2-3-14-4-6-16/h7,14H,2-6,8,13H2,1H3,(H,15,17). The van der Waals surface area contributed by atoms with Crippen LogP contribution in [-0.4, -0.2) is 37.0 Å². The summed E-state index contributed by atoms with van der Waals surface area (Å²) in [5.41, 5.74) is 2.91. The number of amides is 1. The van der Waals surface area contributed by atoms with Crippen LogP contribution in [0, 0.1) is 6.92 Å². The van der Waals surface area contributed by atoms with Crippen molar-refractivity contribution in [1.82, 2.24) is 15.6 Å². The van der Waals surface area contributed by atoms with E-state index in [0.29, 0.717) is 5.76 Å². The normalized spacial score (nSPS) is 17.4. The summed E-state index contributed by atoms with van der Waals surface area (Å²) in [5.74, 6) is 5.85. The molecule has 1 saturated heterocycles. The van der Waals surface area contributed by atoms with Crippen molar-refractivity contribution in [2.45, 2.75) is 19.9 Å². The minimum absolute atomic E-state index is 0.306. The maximum atomic E-state index is 11.4. The highest BCUT2D eigenvalue weighted by molar-refractivity contribution is 5.92. The lowest BCUT2D eigenvalue weighted by molar-refractivity contribution is 0.0921. The topological polar surface area (TPSA) is 83.5 Å². The minimum Gasteiger partial charge on any atom is -0.454 e. The Morgan fingerprint density at radius 2 is 2.39 bits per heavy atom. The highest BCUT2D eigenvalue weighted by atomic mass is 16.4. The number of furan rings is 1.